The van der Waals surface area contributed by atoms with Gasteiger partial charge in [-0.05, 0) is 42.5 Å². The molecule has 0 unspecified atom stereocenters. The van der Waals surface area contributed by atoms with Crippen LogP contribution < -0.4 is 15.2 Å². The number of carbonyl (C=O) groups excluding carboxylic acids is 1. The third-order valence-electron chi connectivity index (χ3n) is 4.02. The molecule has 1 amide bonds. The summed E-state index contributed by atoms with van der Waals surface area (Å²) >= 11 is 0. The van der Waals surface area contributed by atoms with Crippen molar-refractivity contribution in [2.75, 3.05) is 7.11 Å². The number of fused-ring (bicyclic) bond motifs is 1. The largest absolute Gasteiger partial charge is 0.497 e. The maximum Gasteiger partial charge on any atom is 0.410 e. The lowest BCUT2D eigenvalue weighted by atomic mass is 10.3. The lowest BCUT2D eigenvalue weighted by Gasteiger charge is -2.04. The molecule has 0 radical (unpaired) electrons. The van der Waals surface area contributed by atoms with E-state index in [9.17, 15) is 4.79 Å². The molecule has 0 spiro atoms. The van der Waals surface area contributed by atoms with Gasteiger partial charge in [0.25, 0.3) is 0 Å². The number of nitrogens with one attached hydrogen (secondary N) is 1. The topological polar surface area (TPSA) is 95.2 Å². The Kier molecular flexibility index (Phi) is 3.81. The summed E-state index contributed by atoms with van der Waals surface area (Å²) in [6.07, 6.45) is 3.05. The first-order valence-electron chi connectivity index (χ1n) is 7.93. The fourth-order valence-electron chi connectivity index (χ4n) is 2.78. The number of benzene rings is 2. The molecule has 0 fully saturated rings. The standard InChI is InChI=1S/C19H16N4O3/c1-25-14-7-5-13(6-8-14)23-10-9-12(11-23)18-21-15-3-2-4-16(17(15)22-18)26-19(20)24/h2-11H,1H3,(H2,20,24)(H,21,22). The molecule has 4 aromatic rings. The predicted octanol–water partition coefficient (Wildman–Crippen LogP) is 3.49. The Morgan fingerprint density at radius 2 is 1.96 bits per heavy atom. The highest BCUT2D eigenvalue weighted by Gasteiger charge is 2.12. The van der Waals surface area contributed by atoms with Crippen molar-refractivity contribution >= 4 is 17.1 Å². The molecule has 4 rings (SSSR count). The van der Waals surface area contributed by atoms with Crippen molar-refractivity contribution in [2.24, 2.45) is 5.73 Å². The first-order chi connectivity index (χ1) is 12.6. The maximum atomic E-state index is 11.0. The number of amides is 1. The Morgan fingerprint density at radius 1 is 1.15 bits per heavy atom. The molecule has 0 saturated carbocycles. The Morgan fingerprint density at radius 3 is 2.69 bits per heavy atom. The van der Waals surface area contributed by atoms with Gasteiger partial charge in [-0.3, -0.25) is 0 Å². The number of imidazole rings is 1. The fourth-order valence-corrected chi connectivity index (χ4v) is 2.78. The minimum atomic E-state index is -0.868. The van der Waals surface area contributed by atoms with Crippen LogP contribution in [0.4, 0.5) is 4.79 Å². The summed E-state index contributed by atoms with van der Waals surface area (Å²) in [4.78, 5) is 18.8. The number of carbonyl (C=O) groups is 1. The average molecular weight is 348 g/mol. The molecule has 0 saturated heterocycles. The highest BCUT2D eigenvalue weighted by atomic mass is 16.5. The normalized spacial score (nSPS) is 10.8. The SMILES string of the molecule is COc1ccc(-n2ccc(-c3nc4c(OC(N)=O)cccc4[nH]3)c2)cc1. The van der Waals surface area contributed by atoms with Crippen LogP contribution in [0.5, 0.6) is 11.5 Å². The number of ether oxygens (including phenoxy) is 2. The van der Waals surface area contributed by atoms with Crippen LogP contribution >= 0.6 is 0 Å². The van der Waals surface area contributed by atoms with Crippen molar-refractivity contribution in [3.05, 3.63) is 60.9 Å². The van der Waals surface area contributed by atoms with Gasteiger partial charge in [0.05, 0.1) is 12.6 Å². The second-order valence-corrected chi connectivity index (χ2v) is 5.66. The molecule has 0 aliphatic heterocycles. The monoisotopic (exact) mass is 348 g/mol. The third-order valence-corrected chi connectivity index (χ3v) is 4.02. The number of methoxy groups -OCH3 is 1. The summed E-state index contributed by atoms with van der Waals surface area (Å²) in [5.74, 6) is 1.81. The van der Waals surface area contributed by atoms with Gasteiger partial charge in [0.1, 0.15) is 17.1 Å². The van der Waals surface area contributed by atoms with Crippen molar-refractivity contribution in [3.63, 3.8) is 0 Å². The van der Waals surface area contributed by atoms with E-state index in [1.807, 2.05) is 53.4 Å². The molecule has 7 heteroatoms. The van der Waals surface area contributed by atoms with Crippen LogP contribution in [0.1, 0.15) is 0 Å². The molecule has 2 heterocycles. The molecule has 3 N–H and O–H groups in total. The number of primary amides is 1. The lowest BCUT2D eigenvalue weighted by molar-refractivity contribution is 0.211. The van der Waals surface area contributed by atoms with Gasteiger partial charge in [0.2, 0.25) is 0 Å². The smallest absolute Gasteiger partial charge is 0.410 e. The number of nitrogens with two attached hydrogens (primary N) is 1. The van der Waals surface area contributed by atoms with Gasteiger partial charge in [-0.1, -0.05) is 6.07 Å². The summed E-state index contributed by atoms with van der Waals surface area (Å²) < 4.78 is 12.2. The number of aromatic nitrogens is 3. The maximum absolute atomic E-state index is 11.0. The van der Waals surface area contributed by atoms with Crippen LogP contribution in [0, 0.1) is 0 Å². The predicted molar refractivity (Wildman–Crippen MR) is 97.6 cm³/mol. The van der Waals surface area contributed by atoms with Crippen LogP contribution in [-0.2, 0) is 0 Å². The molecule has 130 valence electrons. The van der Waals surface area contributed by atoms with Gasteiger partial charge < -0.3 is 24.8 Å². The third kappa shape index (κ3) is 2.86. The summed E-state index contributed by atoms with van der Waals surface area (Å²) in [5, 5.41) is 0. The van der Waals surface area contributed by atoms with E-state index in [0.717, 1.165) is 22.5 Å². The molecule has 0 aliphatic rings. The second kappa shape index (κ2) is 6.29. The minimum absolute atomic E-state index is 0.326. The van der Waals surface area contributed by atoms with Gasteiger partial charge in [-0.25, -0.2) is 9.78 Å². The van der Waals surface area contributed by atoms with Gasteiger partial charge in [-0.2, -0.15) is 0 Å². The van der Waals surface area contributed by atoms with Crippen LogP contribution in [0.3, 0.4) is 0 Å². The van der Waals surface area contributed by atoms with E-state index in [1.165, 1.54) is 0 Å². The second-order valence-electron chi connectivity index (χ2n) is 5.66. The zero-order valence-corrected chi connectivity index (χ0v) is 14.0. The molecule has 2 aromatic carbocycles. The van der Waals surface area contributed by atoms with Crippen molar-refractivity contribution in [1.82, 2.24) is 14.5 Å². The van der Waals surface area contributed by atoms with E-state index < -0.39 is 6.09 Å². The summed E-state index contributed by atoms with van der Waals surface area (Å²) in [7, 11) is 1.64. The molecule has 0 atom stereocenters. The number of hydrogen-bond acceptors (Lipinski definition) is 4. The summed E-state index contributed by atoms with van der Waals surface area (Å²) in [5.41, 5.74) is 8.33. The molecule has 7 nitrogen and oxygen atoms in total. The van der Waals surface area contributed by atoms with Gasteiger partial charge in [0, 0.05) is 23.6 Å². The quantitative estimate of drug-likeness (QED) is 0.590. The van der Waals surface area contributed by atoms with Crippen molar-refractivity contribution in [3.8, 4) is 28.6 Å². The van der Waals surface area contributed by atoms with Gasteiger partial charge in [0.15, 0.2) is 5.75 Å². The molecular formula is C19H16N4O3. The van der Waals surface area contributed by atoms with Crippen molar-refractivity contribution < 1.29 is 14.3 Å². The van der Waals surface area contributed by atoms with E-state index in [-0.39, 0.29) is 0 Å². The fraction of sp³-hybridized carbons (Fsp3) is 0.0526. The van der Waals surface area contributed by atoms with Crippen LogP contribution in [0.15, 0.2) is 60.9 Å². The number of aromatic amines is 1. The van der Waals surface area contributed by atoms with Crippen molar-refractivity contribution in [2.45, 2.75) is 0 Å². The molecule has 0 bridgehead atoms. The number of para-hydroxylation sites is 1. The number of nitrogens with zero attached hydrogens (tertiary/aromatic N) is 2. The van der Waals surface area contributed by atoms with E-state index in [0.29, 0.717) is 17.1 Å². The number of H-pyrrole nitrogens is 1. The van der Waals surface area contributed by atoms with Crippen LogP contribution in [-0.4, -0.2) is 27.7 Å². The Balaban J connectivity index is 1.69. The molecule has 26 heavy (non-hydrogen) atoms. The van der Waals surface area contributed by atoms with E-state index in [4.69, 9.17) is 15.2 Å². The van der Waals surface area contributed by atoms with Crippen molar-refractivity contribution in [1.29, 1.82) is 0 Å². The Hall–Kier alpha value is -3.74. The van der Waals surface area contributed by atoms with E-state index in [1.54, 1.807) is 19.2 Å². The highest BCUT2D eigenvalue weighted by Crippen LogP contribution is 2.28. The first-order valence-corrected chi connectivity index (χ1v) is 7.93. The molecule has 2 aromatic heterocycles. The van der Waals surface area contributed by atoms with E-state index >= 15 is 0 Å². The van der Waals surface area contributed by atoms with Crippen LogP contribution in [0.2, 0.25) is 0 Å². The highest BCUT2D eigenvalue weighted by molar-refractivity contribution is 5.87. The molecular weight excluding hydrogens is 332 g/mol. The lowest BCUT2D eigenvalue weighted by Crippen LogP contribution is -2.16. The molecule has 0 aliphatic carbocycles. The number of rotatable bonds is 4. The Bertz CT molecular complexity index is 1080. The first kappa shape index (κ1) is 15.8. The van der Waals surface area contributed by atoms with Gasteiger partial charge >= 0.3 is 6.09 Å². The minimum Gasteiger partial charge on any atom is -0.497 e. The zero-order chi connectivity index (χ0) is 18.1. The average Bonchev–Trinajstić information content (AvgIpc) is 3.29. The summed E-state index contributed by atoms with van der Waals surface area (Å²) in [6.45, 7) is 0. The zero-order valence-electron chi connectivity index (χ0n) is 14.0. The summed E-state index contributed by atoms with van der Waals surface area (Å²) in [6, 6.07) is 15.0. The number of hydrogen-bond donors (Lipinski definition) is 2. The Labute approximate surface area is 149 Å². The van der Waals surface area contributed by atoms with Gasteiger partial charge in [-0.15, -0.1) is 0 Å². The van der Waals surface area contributed by atoms with E-state index in [2.05, 4.69) is 9.97 Å². The van der Waals surface area contributed by atoms with Crippen LogP contribution in [0.25, 0.3) is 28.1 Å².